The quantitative estimate of drug-likeness (QED) is 0.772. The van der Waals surface area contributed by atoms with Gasteiger partial charge in [-0.2, -0.15) is 0 Å². The van der Waals surface area contributed by atoms with Crippen LogP contribution in [0.15, 0.2) is 0 Å². The molecule has 0 saturated carbocycles. The molecule has 1 heterocycles. The Morgan fingerprint density at radius 1 is 1.39 bits per heavy atom. The Bertz CT molecular complexity index is 268. The van der Waals surface area contributed by atoms with Crippen molar-refractivity contribution in [2.45, 2.75) is 46.2 Å². The highest BCUT2D eigenvalue weighted by Crippen LogP contribution is 2.14. The first-order valence-corrected chi connectivity index (χ1v) is 7.11. The van der Waals surface area contributed by atoms with Crippen molar-refractivity contribution in [1.82, 2.24) is 15.5 Å². The summed E-state index contributed by atoms with van der Waals surface area (Å²) in [6.45, 7) is 11.2. The van der Waals surface area contributed by atoms with E-state index in [9.17, 15) is 4.79 Å². The molecule has 1 aliphatic rings. The highest BCUT2D eigenvalue weighted by atomic mass is 16.1. The van der Waals surface area contributed by atoms with Gasteiger partial charge in [0.1, 0.15) is 0 Å². The average Bonchev–Trinajstić information content (AvgIpc) is 2.27. The predicted molar refractivity (Wildman–Crippen MR) is 75.5 cm³/mol. The van der Waals surface area contributed by atoms with Crippen molar-refractivity contribution in [1.29, 1.82) is 0 Å². The summed E-state index contributed by atoms with van der Waals surface area (Å²) in [6.07, 6.45) is 1.13. The number of nitrogens with zero attached hydrogens (tertiary/aromatic N) is 1. The monoisotopic (exact) mass is 255 g/mol. The summed E-state index contributed by atoms with van der Waals surface area (Å²) in [5.74, 6) is 1.21. The molecule has 2 N–H and O–H groups in total. The van der Waals surface area contributed by atoms with Gasteiger partial charge in [0, 0.05) is 18.6 Å². The van der Waals surface area contributed by atoms with Gasteiger partial charge < -0.3 is 15.5 Å². The fourth-order valence-corrected chi connectivity index (χ4v) is 2.35. The van der Waals surface area contributed by atoms with Crippen molar-refractivity contribution >= 4 is 5.91 Å². The van der Waals surface area contributed by atoms with Crippen molar-refractivity contribution < 1.29 is 4.79 Å². The van der Waals surface area contributed by atoms with Gasteiger partial charge in [-0.3, -0.25) is 4.79 Å². The van der Waals surface area contributed by atoms with Gasteiger partial charge in [-0.25, -0.2) is 0 Å². The lowest BCUT2D eigenvalue weighted by molar-refractivity contribution is -0.121. The smallest absolute Gasteiger partial charge is 0.234 e. The van der Waals surface area contributed by atoms with Crippen LogP contribution < -0.4 is 10.6 Å². The van der Waals surface area contributed by atoms with E-state index in [1.165, 1.54) is 0 Å². The van der Waals surface area contributed by atoms with Crippen molar-refractivity contribution in [3.05, 3.63) is 0 Å². The molecule has 3 unspecified atom stereocenters. The van der Waals surface area contributed by atoms with Crippen LogP contribution in [0.2, 0.25) is 0 Å². The van der Waals surface area contributed by atoms with Gasteiger partial charge in [-0.15, -0.1) is 0 Å². The van der Waals surface area contributed by atoms with E-state index in [1.54, 1.807) is 0 Å². The van der Waals surface area contributed by atoms with Crippen LogP contribution in [0.25, 0.3) is 0 Å². The number of hydrogen-bond donors (Lipinski definition) is 2. The molecule has 1 saturated heterocycles. The first-order valence-electron chi connectivity index (χ1n) is 7.11. The van der Waals surface area contributed by atoms with Crippen molar-refractivity contribution in [2.24, 2.45) is 11.8 Å². The summed E-state index contributed by atoms with van der Waals surface area (Å²) >= 11 is 0. The molecule has 0 spiro atoms. The maximum Gasteiger partial charge on any atom is 0.234 e. The molecular formula is C14H29N3O. The number of nitrogens with one attached hydrogen (secondary N) is 2. The van der Waals surface area contributed by atoms with Crippen LogP contribution in [-0.2, 0) is 4.79 Å². The number of carbonyl (C=O) groups excluding carboxylic acids is 1. The van der Waals surface area contributed by atoms with E-state index in [0.717, 1.165) is 19.5 Å². The third-order valence-corrected chi connectivity index (χ3v) is 4.02. The maximum absolute atomic E-state index is 11.8. The lowest BCUT2D eigenvalue weighted by Crippen LogP contribution is -2.50. The van der Waals surface area contributed by atoms with Crippen LogP contribution in [0.5, 0.6) is 0 Å². The fourth-order valence-electron chi connectivity index (χ4n) is 2.35. The summed E-state index contributed by atoms with van der Waals surface area (Å²) < 4.78 is 0. The van der Waals surface area contributed by atoms with Crippen molar-refractivity contribution in [3.8, 4) is 0 Å². The minimum Gasteiger partial charge on any atom is -0.352 e. The Kier molecular flexibility index (Phi) is 6.09. The van der Waals surface area contributed by atoms with Gasteiger partial charge in [0.25, 0.3) is 0 Å². The number of piperidine rings is 1. The number of hydrogen-bond acceptors (Lipinski definition) is 3. The molecule has 0 aromatic rings. The Labute approximate surface area is 111 Å². The molecule has 4 heteroatoms. The van der Waals surface area contributed by atoms with E-state index < -0.39 is 0 Å². The Hall–Kier alpha value is -0.610. The summed E-state index contributed by atoms with van der Waals surface area (Å²) in [4.78, 5) is 14.1. The molecule has 0 bridgehead atoms. The molecule has 3 atom stereocenters. The van der Waals surface area contributed by atoms with Crippen molar-refractivity contribution in [2.75, 3.05) is 26.7 Å². The molecule has 1 fully saturated rings. The standard InChI is InChI=1S/C14H29N3O/c1-10(2)12(4)16-14(18)8-15-13-6-7-17(5)9-11(13)3/h10-13,15H,6-9H2,1-5H3,(H,16,18). The van der Waals surface area contributed by atoms with Gasteiger partial charge in [0.05, 0.1) is 6.54 Å². The minimum absolute atomic E-state index is 0.113. The molecule has 1 amide bonds. The van der Waals surface area contributed by atoms with Gasteiger partial charge in [-0.1, -0.05) is 20.8 Å². The van der Waals surface area contributed by atoms with Gasteiger partial charge >= 0.3 is 0 Å². The Morgan fingerprint density at radius 2 is 2.06 bits per heavy atom. The highest BCUT2D eigenvalue weighted by molar-refractivity contribution is 5.78. The molecule has 4 nitrogen and oxygen atoms in total. The zero-order valence-electron chi connectivity index (χ0n) is 12.5. The van der Waals surface area contributed by atoms with E-state index in [4.69, 9.17) is 0 Å². The molecule has 0 aliphatic carbocycles. The second-order valence-electron chi connectivity index (χ2n) is 6.12. The predicted octanol–water partition coefficient (Wildman–Crippen LogP) is 1.08. The normalized spacial score (nSPS) is 27.2. The summed E-state index contributed by atoms with van der Waals surface area (Å²) in [7, 11) is 2.16. The SMILES string of the molecule is CC(C)C(C)NC(=O)CNC1CCN(C)CC1C. The van der Waals surface area contributed by atoms with Gasteiger partial charge in [0.2, 0.25) is 5.91 Å². The molecular weight excluding hydrogens is 226 g/mol. The summed E-state index contributed by atoms with van der Waals surface area (Å²) in [6, 6.07) is 0.718. The lowest BCUT2D eigenvalue weighted by atomic mass is 9.94. The third kappa shape index (κ3) is 4.94. The second-order valence-corrected chi connectivity index (χ2v) is 6.12. The number of amides is 1. The topological polar surface area (TPSA) is 44.4 Å². The van der Waals surface area contributed by atoms with Gasteiger partial charge in [-0.05, 0) is 38.8 Å². The largest absolute Gasteiger partial charge is 0.352 e. The van der Waals surface area contributed by atoms with Crippen LogP contribution in [0.3, 0.4) is 0 Å². The van der Waals surface area contributed by atoms with E-state index in [-0.39, 0.29) is 11.9 Å². The van der Waals surface area contributed by atoms with Crippen LogP contribution >= 0.6 is 0 Å². The highest BCUT2D eigenvalue weighted by Gasteiger charge is 2.24. The molecule has 18 heavy (non-hydrogen) atoms. The van der Waals surface area contributed by atoms with Crippen LogP contribution in [0.1, 0.15) is 34.1 Å². The summed E-state index contributed by atoms with van der Waals surface area (Å²) in [5, 5.41) is 6.43. The first kappa shape index (κ1) is 15.4. The van der Waals surface area contributed by atoms with Crippen LogP contribution in [0.4, 0.5) is 0 Å². The van der Waals surface area contributed by atoms with E-state index in [0.29, 0.717) is 24.4 Å². The number of carbonyl (C=O) groups is 1. The first-order chi connectivity index (χ1) is 8.40. The molecule has 0 aromatic heterocycles. The van der Waals surface area contributed by atoms with E-state index in [1.807, 2.05) is 0 Å². The molecule has 0 radical (unpaired) electrons. The van der Waals surface area contributed by atoms with Crippen LogP contribution in [-0.4, -0.2) is 49.6 Å². The van der Waals surface area contributed by atoms with Crippen molar-refractivity contribution in [3.63, 3.8) is 0 Å². The fraction of sp³-hybridized carbons (Fsp3) is 0.929. The molecule has 106 valence electrons. The van der Waals surface area contributed by atoms with E-state index >= 15 is 0 Å². The molecule has 1 rings (SSSR count). The lowest BCUT2D eigenvalue weighted by Gasteiger charge is -2.35. The van der Waals surface area contributed by atoms with Gasteiger partial charge in [0.15, 0.2) is 0 Å². The van der Waals surface area contributed by atoms with E-state index in [2.05, 4.69) is 50.3 Å². The maximum atomic E-state index is 11.8. The third-order valence-electron chi connectivity index (χ3n) is 4.02. The molecule has 0 aromatic carbocycles. The zero-order chi connectivity index (χ0) is 13.7. The molecule has 1 aliphatic heterocycles. The second kappa shape index (κ2) is 7.10. The summed E-state index contributed by atoms with van der Waals surface area (Å²) in [5.41, 5.74) is 0. The average molecular weight is 255 g/mol. The number of likely N-dealkylation sites (tertiary alicyclic amines) is 1. The minimum atomic E-state index is 0.113. The Balaban J connectivity index is 2.26. The van der Waals surface area contributed by atoms with Crippen LogP contribution in [0, 0.1) is 11.8 Å². The number of rotatable bonds is 5. The Morgan fingerprint density at radius 3 is 2.61 bits per heavy atom. The zero-order valence-corrected chi connectivity index (χ0v) is 12.5.